The molecule has 4 rings (SSSR count). The van der Waals surface area contributed by atoms with Crippen molar-refractivity contribution in [3.63, 3.8) is 0 Å². The Hall–Kier alpha value is -3.93. The van der Waals surface area contributed by atoms with E-state index in [-0.39, 0.29) is 30.7 Å². The Balaban J connectivity index is 1.50. The first kappa shape index (κ1) is 20.3. The number of para-hydroxylation sites is 2. The number of carbonyl (C=O) groups is 3. The van der Waals surface area contributed by atoms with Crippen LogP contribution < -0.4 is 15.5 Å². The SMILES string of the molecule is O=C(NC(C(=O)Nc1ccccc1)c1ccccc1)C1CC(=O)N(c2ccccc2)C1. The van der Waals surface area contributed by atoms with E-state index in [2.05, 4.69) is 10.6 Å². The minimum atomic E-state index is -0.866. The standard InChI is InChI=1S/C25H23N3O3/c29-22-16-19(17-28(22)21-14-8-3-9-15-21)24(30)27-23(18-10-4-1-5-11-18)25(31)26-20-12-6-2-7-13-20/h1-15,19,23H,16-17H2,(H,26,31)(H,27,30). The predicted molar refractivity (Wildman–Crippen MR) is 119 cm³/mol. The quantitative estimate of drug-likeness (QED) is 0.649. The van der Waals surface area contributed by atoms with Gasteiger partial charge in [-0.3, -0.25) is 14.4 Å². The fourth-order valence-electron chi connectivity index (χ4n) is 3.68. The van der Waals surface area contributed by atoms with E-state index in [1.807, 2.05) is 66.7 Å². The molecular weight excluding hydrogens is 390 g/mol. The first-order valence-corrected chi connectivity index (χ1v) is 10.2. The number of rotatable bonds is 6. The van der Waals surface area contributed by atoms with E-state index in [0.29, 0.717) is 11.3 Å². The topological polar surface area (TPSA) is 78.5 Å². The van der Waals surface area contributed by atoms with Crippen molar-refractivity contribution in [1.82, 2.24) is 5.32 Å². The molecule has 1 aliphatic rings. The second-order valence-corrected chi connectivity index (χ2v) is 7.45. The summed E-state index contributed by atoms with van der Waals surface area (Å²) in [5.41, 5.74) is 2.09. The average molecular weight is 413 g/mol. The van der Waals surface area contributed by atoms with Crippen molar-refractivity contribution in [3.8, 4) is 0 Å². The van der Waals surface area contributed by atoms with Crippen LogP contribution in [0.25, 0.3) is 0 Å². The van der Waals surface area contributed by atoms with Crippen LogP contribution in [0.3, 0.4) is 0 Å². The maximum absolute atomic E-state index is 13.0. The molecule has 2 atom stereocenters. The lowest BCUT2D eigenvalue weighted by atomic mass is 10.0. The van der Waals surface area contributed by atoms with Crippen molar-refractivity contribution >= 4 is 29.1 Å². The maximum atomic E-state index is 13.0. The number of amides is 3. The van der Waals surface area contributed by atoms with Gasteiger partial charge in [-0.2, -0.15) is 0 Å². The highest BCUT2D eigenvalue weighted by atomic mass is 16.2. The molecule has 1 heterocycles. The van der Waals surface area contributed by atoms with Crippen LogP contribution in [-0.4, -0.2) is 24.3 Å². The third-order valence-corrected chi connectivity index (χ3v) is 5.29. The van der Waals surface area contributed by atoms with Crippen molar-refractivity contribution in [2.45, 2.75) is 12.5 Å². The van der Waals surface area contributed by atoms with Gasteiger partial charge in [-0.15, -0.1) is 0 Å². The maximum Gasteiger partial charge on any atom is 0.251 e. The Morgan fingerprint density at radius 1 is 0.839 bits per heavy atom. The fraction of sp³-hybridized carbons (Fsp3) is 0.160. The van der Waals surface area contributed by atoms with Crippen LogP contribution >= 0.6 is 0 Å². The summed E-state index contributed by atoms with van der Waals surface area (Å²) in [6, 6.07) is 26.6. The van der Waals surface area contributed by atoms with Crippen molar-refractivity contribution in [3.05, 3.63) is 96.6 Å². The lowest BCUT2D eigenvalue weighted by Gasteiger charge is -2.21. The first-order chi connectivity index (χ1) is 15.1. The van der Waals surface area contributed by atoms with Gasteiger partial charge in [0.1, 0.15) is 6.04 Å². The molecule has 0 radical (unpaired) electrons. The highest BCUT2D eigenvalue weighted by Gasteiger charge is 2.36. The van der Waals surface area contributed by atoms with E-state index >= 15 is 0 Å². The Kier molecular flexibility index (Phi) is 6.08. The summed E-state index contributed by atoms with van der Waals surface area (Å²) >= 11 is 0. The summed E-state index contributed by atoms with van der Waals surface area (Å²) in [7, 11) is 0. The Bertz CT molecular complexity index is 1060. The summed E-state index contributed by atoms with van der Waals surface area (Å²) in [4.78, 5) is 40.2. The molecule has 0 saturated carbocycles. The Morgan fingerprint density at radius 3 is 2.06 bits per heavy atom. The zero-order valence-electron chi connectivity index (χ0n) is 16.9. The van der Waals surface area contributed by atoms with E-state index < -0.39 is 12.0 Å². The van der Waals surface area contributed by atoms with E-state index in [4.69, 9.17) is 0 Å². The fourth-order valence-corrected chi connectivity index (χ4v) is 3.68. The van der Waals surface area contributed by atoms with Gasteiger partial charge in [0.15, 0.2) is 0 Å². The number of anilines is 2. The van der Waals surface area contributed by atoms with Crippen molar-refractivity contribution < 1.29 is 14.4 Å². The Morgan fingerprint density at radius 2 is 1.42 bits per heavy atom. The first-order valence-electron chi connectivity index (χ1n) is 10.2. The third-order valence-electron chi connectivity index (χ3n) is 5.29. The second-order valence-electron chi connectivity index (χ2n) is 7.45. The molecule has 1 aliphatic heterocycles. The number of nitrogens with one attached hydrogen (secondary N) is 2. The largest absolute Gasteiger partial charge is 0.340 e. The van der Waals surface area contributed by atoms with Gasteiger partial charge >= 0.3 is 0 Å². The molecule has 2 unspecified atom stereocenters. The van der Waals surface area contributed by atoms with Crippen LogP contribution in [0.5, 0.6) is 0 Å². The molecule has 2 N–H and O–H groups in total. The zero-order valence-corrected chi connectivity index (χ0v) is 16.9. The van der Waals surface area contributed by atoms with E-state index in [0.717, 1.165) is 5.69 Å². The molecule has 6 nitrogen and oxygen atoms in total. The van der Waals surface area contributed by atoms with Crippen LogP contribution in [0.2, 0.25) is 0 Å². The van der Waals surface area contributed by atoms with Crippen LogP contribution in [0.1, 0.15) is 18.0 Å². The summed E-state index contributed by atoms with van der Waals surface area (Å²) in [5, 5.41) is 5.71. The highest BCUT2D eigenvalue weighted by molar-refractivity contribution is 6.02. The third kappa shape index (κ3) is 4.80. The molecule has 31 heavy (non-hydrogen) atoms. The van der Waals surface area contributed by atoms with Crippen LogP contribution in [0, 0.1) is 5.92 Å². The number of benzene rings is 3. The highest BCUT2D eigenvalue weighted by Crippen LogP contribution is 2.26. The molecule has 0 spiro atoms. The second kappa shape index (κ2) is 9.26. The molecule has 0 aromatic heterocycles. The van der Waals surface area contributed by atoms with Gasteiger partial charge in [-0.25, -0.2) is 0 Å². The van der Waals surface area contributed by atoms with Gasteiger partial charge in [0.25, 0.3) is 5.91 Å². The lowest BCUT2D eigenvalue weighted by molar-refractivity contribution is -0.129. The van der Waals surface area contributed by atoms with Crippen molar-refractivity contribution in [1.29, 1.82) is 0 Å². The molecule has 3 amide bonds. The average Bonchev–Trinajstić information content (AvgIpc) is 3.21. The van der Waals surface area contributed by atoms with Crippen LogP contribution in [-0.2, 0) is 14.4 Å². The van der Waals surface area contributed by atoms with Crippen LogP contribution in [0.15, 0.2) is 91.0 Å². The normalized spacial score (nSPS) is 16.6. The minimum absolute atomic E-state index is 0.101. The molecule has 156 valence electrons. The van der Waals surface area contributed by atoms with Crippen molar-refractivity contribution in [2.75, 3.05) is 16.8 Å². The van der Waals surface area contributed by atoms with E-state index in [1.54, 1.807) is 29.2 Å². The lowest BCUT2D eigenvalue weighted by Crippen LogP contribution is -2.40. The summed E-state index contributed by atoms with van der Waals surface area (Å²) in [6.07, 6.45) is 0.114. The number of nitrogens with zero attached hydrogens (tertiary/aromatic N) is 1. The zero-order chi connectivity index (χ0) is 21.6. The molecule has 3 aromatic carbocycles. The molecule has 6 heteroatoms. The number of hydrogen-bond acceptors (Lipinski definition) is 3. The molecule has 3 aromatic rings. The number of carbonyl (C=O) groups excluding carboxylic acids is 3. The molecule has 0 bridgehead atoms. The van der Waals surface area contributed by atoms with Gasteiger partial charge in [0, 0.05) is 24.3 Å². The number of hydrogen-bond donors (Lipinski definition) is 2. The Labute approximate surface area is 180 Å². The molecule has 1 saturated heterocycles. The van der Waals surface area contributed by atoms with Gasteiger partial charge in [0.05, 0.1) is 5.92 Å². The van der Waals surface area contributed by atoms with Gasteiger partial charge < -0.3 is 15.5 Å². The van der Waals surface area contributed by atoms with Gasteiger partial charge in [-0.1, -0.05) is 66.7 Å². The van der Waals surface area contributed by atoms with Gasteiger partial charge in [0.2, 0.25) is 11.8 Å². The molecule has 1 fully saturated rings. The monoisotopic (exact) mass is 413 g/mol. The molecular formula is C25H23N3O3. The summed E-state index contributed by atoms with van der Waals surface area (Å²) in [5.74, 6) is -1.28. The smallest absolute Gasteiger partial charge is 0.251 e. The summed E-state index contributed by atoms with van der Waals surface area (Å²) < 4.78 is 0. The van der Waals surface area contributed by atoms with E-state index in [1.165, 1.54) is 0 Å². The molecule has 0 aliphatic carbocycles. The van der Waals surface area contributed by atoms with E-state index in [9.17, 15) is 14.4 Å². The minimum Gasteiger partial charge on any atom is -0.340 e. The van der Waals surface area contributed by atoms with Crippen molar-refractivity contribution in [2.24, 2.45) is 5.92 Å². The van der Waals surface area contributed by atoms with Crippen LogP contribution in [0.4, 0.5) is 11.4 Å². The summed E-state index contributed by atoms with van der Waals surface area (Å²) in [6.45, 7) is 0.288. The predicted octanol–water partition coefficient (Wildman–Crippen LogP) is 3.54. The van der Waals surface area contributed by atoms with Gasteiger partial charge in [-0.05, 0) is 29.8 Å².